The zero-order valence-corrected chi connectivity index (χ0v) is 8.96. The van der Waals surface area contributed by atoms with Gasteiger partial charge in [0.2, 0.25) is 0 Å². The summed E-state index contributed by atoms with van der Waals surface area (Å²) in [6.07, 6.45) is 15.8. The second kappa shape index (κ2) is 11.3. The van der Waals surface area contributed by atoms with Crippen molar-refractivity contribution < 1.29 is 4.74 Å². The van der Waals surface area contributed by atoms with Crippen molar-refractivity contribution in [1.82, 2.24) is 0 Å². The lowest BCUT2D eigenvalue weighted by Gasteiger charge is -1.95. The average Bonchev–Trinajstić information content (AvgIpc) is 2.16. The predicted molar refractivity (Wildman–Crippen MR) is 58.7 cm³/mol. The zero-order chi connectivity index (χ0) is 9.78. The molecule has 0 rings (SSSR count). The van der Waals surface area contributed by atoms with Crippen LogP contribution >= 0.6 is 0 Å². The van der Waals surface area contributed by atoms with Gasteiger partial charge in [-0.1, -0.05) is 44.8 Å². The van der Waals surface area contributed by atoms with Crippen molar-refractivity contribution in [3.63, 3.8) is 0 Å². The van der Waals surface area contributed by atoms with Gasteiger partial charge >= 0.3 is 0 Å². The second-order valence-electron chi connectivity index (χ2n) is 3.20. The lowest BCUT2D eigenvalue weighted by atomic mass is 10.1. The Bertz CT molecular complexity index is 136. The summed E-state index contributed by atoms with van der Waals surface area (Å²) in [6, 6.07) is 0. The minimum Gasteiger partial charge on any atom is -0.504 e. The first kappa shape index (κ1) is 12.3. The molecule has 0 saturated carbocycles. The highest BCUT2D eigenvalue weighted by Gasteiger charge is 1.85. The Morgan fingerprint density at radius 3 is 2.46 bits per heavy atom. The third kappa shape index (κ3) is 11.3. The fourth-order valence-corrected chi connectivity index (χ4v) is 1.16. The zero-order valence-electron chi connectivity index (χ0n) is 8.96. The van der Waals surface area contributed by atoms with E-state index in [1.807, 2.05) is 12.2 Å². The van der Waals surface area contributed by atoms with E-state index in [-0.39, 0.29) is 0 Å². The van der Waals surface area contributed by atoms with E-state index in [2.05, 4.69) is 13.0 Å². The van der Waals surface area contributed by atoms with Crippen molar-refractivity contribution in [2.45, 2.75) is 45.4 Å². The van der Waals surface area contributed by atoms with Crippen LogP contribution in [-0.2, 0) is 4.74 Å². The van der Waals surface area contributed by atoms with Crippen LogP contribution in [0, 0.1) is 0 Å². The minimum absolute atomic E-state index is 1.19. The van der Waals surface area contributed by atoms with Gasteiger partial charge in [-0.15, -0.1) is 0 Å². The van der Waals surface area contributed by atoms with Crippen molar-refractivity contribution in [2.75, 3.05) is 7.11 Å². The molecule has 0 aliphatic carbocycles. The van der Waals surface area contributed by atoms with Gasteiger partial charge in [0, 0.05) is 0 Å². The summed E-state index contributed by atoms with van der Waals surface area (Å²) in [4.78, 5) is 0. The topological polar surface area (TPSA) is 9.23 Å². The normalized spacial score (nSPS) is 11.5. The maximum absolute atomic E-state index is 4.77. The van der Waals surface area contributed by atoms with E-state index in [1.165, 1.54) is 38.5 Å². The lowest BCUT2D eigenvalue weighted by molar-refractivity contribution is 0.338. The molecule has 0 aromatic rings. The molecule has 1 heteroatoms. The number of ether oxygens (including phenoxy) is 1. The Morgan fingerprint density at radius 1 is 1.00 bits per heavy atom. The van der Waals surface area contributed by atoms with Gasteiger partial charge in [0.1, 0.15) is 0 Å². The third-order valence-electron chi connectivity index (χ3n) is 1.94. The molecule has 0 saturated heterocycles. The minimum atomic E-state index is 1.19. The van der Waals surface area contributed by atoms with Gasteiger partial charge in [0.25, 0.3) is 0 Å². The largest absolute Gasteiger partial charge is 0.504 e. The van der Waals surface area contributed by atoms with Gasteiger partial charge in [-0.2, -0.15) is 0 Å². The van der Waals surface area contributed by atoms with Crippen molar-refractivity contribution in [3.05, 3.63) is 24.5 Å². The van der Waals surface area contributed by atoms with Crippen molar-refractivity contribution in [3.8, 4) is 0 Å². The molecule has 0 heterocycles. The molecule has 0 unspecified atom stereocenters. The van der Waals surface area contributed by atoms with Crippen molar-refractivity contribution in [2.24, 2.45) is 0 Å². The summed E-state index contributed by atoms with van der Waals surface area (Å²) in [5.41, 5.74) is 0. The molecule has 0 fully saturated rings. The van der Waals surface area contributed by atoms with Crippen LogP contribution in [0.25, 0.3) is 0 Å². The first-order chi connectivity index (χ1) is 6.41. The van der Waals surface area contributed by atoms with Gasteiger partial charge in [-0.3, -0.25) is 0 Å². The molecule has 13 heavy (non-hydrogen) atoms. The smallest absolute Gasteiger partial charge is 0.0824 e. The van der Waals surface area contributed by atoms with Crippen LogP contribution in [-0.4, -0.2) is 7.11 Å². The predicted octanol–water partition coefficient (Wildman–Crippen LogP) is 4.06. The van der Waals surface area contributed by atoms with Crippen LogP contribution in [0.15, 0.2) is 24.5 Å². The summed E-state index contributed by atoms with van der Waals surface area (Å²) in [6.45, 7) is 2.25. The Morgan fingerprint density at radius 2 is 1.77 bits per heavy atom. The molecule has 1 nitrogen and oxygen atoms in total. The molecular formula is C12H22O. The summed E-state index contributed by atoms with van der Waals surface area (Å²) >= 11 is 0. The highest BCUT2D eigenvalue weighted by molar-refractivity contribution is 4.99. The molecule has 0 aliphatic rings. The van der Waals surface area contributed by atoms with E-state index in [0.29, 0.717) is 0 Å². The monoisotopic (exact) mass is 182 g/mol. The molecule has 0 aliphatic heterocycles. The summed E-state index contributed by atoms with van der Waals surface area (Å²) in [7, 11) is 1.66. The van der Waals surface area contributed by atoms with Crippen LogP contribution in [0.3, 0.4) is 0 Å². The number of unbranched alkanes of at least 4 members (excludes halogenated alkanes) is 5. The van der Waals surface area contributed by atoms with E-state index in [1.54, 1.807) is 13.4 Å². The Kier molecular flexibility index (Phi) is 10.7. The van der Waals surface area contributed by atoms with E-state index < -0.39 is 0 Å². The second-order valence-corrected chi connectivity index (χ2v) is 3.20. The average molecular weight is 182 g/mol. The number of hydrogen-bond donors (Lipinski definition) is 0. The van der Waals surface area contributed by atoms with Gasteiger partial charge in [0.05, 0.1) is 13.4 Å². The van der Waals surface area contributed by atoms with Gasteiger partial charge in [-0.05, 0) is 18.9 Å². The molecule has 0 bridgehead atoms. The van der Waals surface area contributed by atoms with E-state index >= 15 is 0 Å². The quantitative estimate of drug-likeness (QED) is 0.312. The fraction of sp³-hybridized carbons (Fsp3) is 0.667. The molecular weight excluding hydrogens is 160 g/mol. The van der Waals surface area contributed by atoms with Crippen LogP contribution in [0.4, 0.5) is 0 Å². The molecule has 0 aromatic heterocycles. The highest BCUT2D eigenvalue weighted by Crippen LogP contribution is 2.05. The van der Waals surface area contributed by atoms with Gasteiger partial charge in [-0.25, -0.2) is 0 Å². The molecule has 0 amide bonds. The Hall–Kier alpha value is -0.720. The van der Waals surface area contributed by atoms with E-state index in [4.69, 9.17) is 4.74 Å². The van der Waals surface area contributed by atoms with Crippen LogP contribution in [0.2, 0.25) is 0 Å². The molecule has 0 N–H and O–H groups in total. The number of allylic oxidation sites excluding steroid dienone is 3. The van der Waals surface area contributed by atoms with Crippen molar-refractivity contribution >= 4 is 0 Å². The standard InChI is InChI=1S/C12H22O/c1-3-4-5-6-7-8-9-10-11-12-13-2/h9-12H,3-8H2,1-2H3. The first-order valence-electron chi connectivity index (χ1n) is 5.26. The van der Waals surface area contributed by atoms with Crippen LogP contribution < -0.4 is 0 Å². The molecule has 0 aromatic carbocycles. The third-order valence-corrected chi connectivity index (χ3v) is 1.94. The fourth-order valence-electron chi connectivity index (χ4n) is 1.16. The Balaban J connectivity index is 3.06. The summed E-state index contributed by atoms with van der Waals surface area (Å²) in [5.74, 6) is 0. The lowest BCUT2D eigenvalue weighted by Crippen LogP contribution is -1.75. The van der Waals surface area contributed by atoms with Crippen LogP contribution in [0.1, 0.15) is 45.4 Å². The summed E-state index contributed by atoms with van der Waals surface area (Å²) in [5, 5.41) is 0. The number of methoxy groups -OCH3 is 1. The highest BCUT2D eigenvalue weighted by atomic mass is 16.5. The number of hydrogen-bond acceptors (Lipinski definition) is 1. The molecule has 0 spiro atoms. The maximum Gasteiger partial charge on any atom is 0.0824 e. The molecule has 0 atom stereocenters. The van der Waals surface area contributed by atoms with Gasteiger partial charge < -0.3 is 4.74 Å². The maximum atomic E-state index is 4.77. The first-order valence-corrected chi connectivity index (χ1v) is 5.26. The van der Waals surface area contributed by atoms with E-state index in [9.17, 15) is 0 Å². The Labute approximate surface area is 82.5 Å². The van der Waals surface area contributed by atoms with Gasteiger partial charge in [0.15, 0.2) is 0 Å². The molecule has 0 radical (unpaired) electrons. The van der Waals surface area contributed by atoms with Crippen LogP contribution in [0.5, 0.6) is 0 Å². The molecule has 76 valence electrons. The summed E-state index contributed by atoms with van der Waals surface area (Å²) < 4.78 is 4.77. The number of rotatable bonds is 8. The SMILES string of the molecule is CCCCCCCC=CC=COC. The van der Waals surface area contributed by atoms with E-state index in [0.717, 1.165) is 0 Å². The van der Waals surface area contributed by atoms with Crippen molar-refractivity contribution in [1.29, 1.82) is 0 Å².